The zero-order valence-corrected chi connectivity index (χ0v) is 79.7. The van der Waals surface area contributed by atoms with Gasteiger partial charge in [-0.3, -0.25) is 13.7 Å². The lowest BCUT2D eigenvalue weighted by Crippen LogP contribution is -2.74. The molecule has 6 aromatic heterocycles. The molecule has 708 valence electrons. The maximum absolute atomic E-state index is 10.3. The van der Waals surface area contributed by atoms with Gasteiger partial charge in [0.15, 0.2) is 59.2 Å². The molecule has 0 saturated heterocycles. The highest BCUT2D eigenvalue weighted by molar-refractivity contribution is 7.21. The maximum atomic E-state index is 10.3. The van der Waals surface area contributed by atoms with Crippen molar-refractivity contribution in [3.8, 4) is 86.2 Å². The van der Waals surface area contributed by atoms with Crippen LogP contribution in [0.4, 0.5) is 0 Å². The van der Waals surface area contributed by atoms with Gasteiger partial charge in [-0.25, -0.2) is 15.0 Å². The minimum atomic E-state index is -5.61. The molecule has 12 nitrogen and oxygen atoms in total. The maximum Gasteiger partial charge on any atom is 0.238 e. The van der Waals surface area contributed by atoms with Gasteiger partial charge >= 0.3 is 0 Å². The standard InChI is InChI=1S/3C45H32N4Si/c3*1-5-18-33(19-6-1)43-46-44(48-45(47-43)49-41-30-15-13-28-39(41)40-29-14-16-31-42(40)49)34-20-17-27-38(32-34)50(35-21-7-2-8-22-35,36-23-9-3-10-24-36)37-25-11-4-12-26-37/h3*1-32H/i1D,2D,3D,5D,6D,7D,8D,9D,10D,13D,14D,15D,16D,17D,18D,19D,20D,21D,22D,23D,24D,27D,28D,29D,30D,31D,32D;1D,2D,5D,6D,7D,8D,13D,14D,15D,16D,17D,18D,19D,20D,21D,22D,27D,28D,29D,30D,31D,32D;1D,5D,6D,13D,14D,15D,16D,17D,18D,19D,20D,27D,28D,29D,30D,31D,32D. The largest absolute Gasteiger partial charge is 0.278 e. The van der Waals surface area contributed by atoms with Crippen LogP contribution in [0.1, 0.15) is 90.5 Å². The molecule has 15 heteroatoms. The summed E-state index contributed by atoms with van der Waals surface area (Å²) in [4.78, 5) is 40.7. The number of fused-ring (bicyclic) bond motifs is 9. The number of rotatable bonds is 21. The third kappa shape index (κ3) is 16.9. The second-order valence-electron chi connectivity index (χ2n) is 32.4. The SMILES string of the molecule is [2H]c1c([2H])c([2H])c(-c2nc(-c3c([2H])c([2H])c([2H])c([Si](c4ccccc4)(c4c([2H])c([2H])c([2H])c([2H])c4[2H])c4c([2H])c([2H])c([2H])c([2H])c4[2H])c3[2H])nc(-n3c4c([2H])c([2H])c([2H])c([2H])c4c4c([2H])c([2H])c([2H])c([2H])c43)n2)c([2H])c1[2H].[2H]c1c([2H])c([2H])c(-c2nc(-c3c([2H])c([2H])c([2H])c([Si](c4ccccc4)(c4ccccc4)c4c([2H])c([2H])c([2H])c([2H])c4[2H])c3[2H])nc(-n3c4c([2H])c([2H])c([2H])c([2H])c4c4c([2H])c([2H])c([2H])c([2H])c43)n2)c([2H])c1[2H].[2H]c1c([2H])c([2H])c(-c2nc(-c3c([2H])c([2H])c([2H])c([Si](c4ccccc4)(c4ccccc4)c4ccccc4)c3[2H])nc(-n3c4c([2H])c([2H])c([2H])c([2H])c4c4c([2H])c([2H])c([2H])c([2H])c43)n2)c([2H])c1[2H]. The molecule has 0 spiro atoms. The van der Waals surface area contributed by atoms with E-state index in [-0.39, 0.29) is 41.9 Å². The highest BCUT2D eigenvalue weighted by atomic mass is 28.3. The van der Waals surface area contributed by atoms with Crippen molar-refractivity contribution < 1.29 is 90.5 Å². The van der Waals surface area contributed by atoms with Gasteiger partial charge in [-0.15, -0.1) is 0 Å². The van der Waals surface area contributed by atoms with Crippen LogP contribution in [-0.2, 0) is 0 Å². The van der Waals surface area contributed by atoms with Crippen molar-refractivity contribution in [1.29, 1.82) is 0 Å². The summed E-state index contributed by atoms with van der Waals surface area (Å²) >= 11 is 0. The Morgan fingerprint density at radius 3 is 0.513 bits per heavy atom. The minimum absolute atomic E-state index is 0.0542. The van der Waals surface area contributed by atoms with Crippen molar-refractivity contribution in [2.75, 3.05) is 0 Å². The monoisotopic (exact) mass is 2040 g/mol. The molecular formula is C135H96N12Si3. The van der Waals surface area contributed by atoms with Crippen molar-refractivity contribution in [3.05, 3.63) is 581 Å². The number of hydrogen-bond acceptors (Lipinski definition) is 9. The molecule has 27 aromatic rings. The lowest BCUT2D eigenvalue weighted by atomic mass is 10.2. The predicted octanol–water partition coefficient (Wildman–Crippen LogP) is 23.0. The first-order valence-corrected chi connectivity index (χ1v) is 51.3. The first kappa shape index (κ1) is 45.1. The van der Waals surface area contributed by atoms with Crippen LogP contribution in [0.25, 0.3) is 152 Å². The van der Waals surface area contributed by atoms with Crippen molar-refractivity contribution in [3.63, 3.8) is 0 Å². The molecule has 21 aromatic carbocycles. The van der Waals surface area contributed by atoms with Gasteiger partial charge in [0.1, 0.15) is 0 Å². The molecule has 0 fully saturated rings. The van der Waals surface area contributed by atoms with Gasteiger partial charge < -0.3 is 0 Å². The molecule has 150 heavy (non-hydrogen) atoms. The summed E-state index contributed by atoms with van der Waals surface area (Å²) in [6.07, 6.45) is 0. The van der Waals surface area contributed by atoms with Gasteiger partial charge in [0, 0.05) is 65.7 Å². The van der Waals surface area contributed by atoms with Gasteiger partial charge in [0.25, 0.3) is 0 Å². The molecule has 0 aliphatic heterocycles. The molecule has 0 radical (unpaired) electrons. The van der Waals surface area contributed by atoms with Crippen LogP contribution in [0.15, 0.2) is 581 Å². The summed E-state index contributed by atoms with van der Waals surface area (Å²) in [6, 6.07) is -4.42. The topological polar surface area (TPSA) is 131 Å². The average Bonchev–Trinajstić information content (AvgIpc) is 1.62. The van der Waals surface area contributed by atoms with E-state index in [1.54, 1.807) is 60.7 Å². The summed E-state index contributed by atoms with van der Waals surface area (Å²) < 4.78 is 595. The van der Waals surface area contributed by atoms with Gasteiger partial charge in [-0.2, -0.15) is 29.9 Å². The first-order chi connectivity index (χ1) is 102. The van der Waals surface area contributed by atoms with Crippen LogP contribution in [0.5, 0.6) is 0 Å². The van der Waals surface area contributed by atoms with Crippen molar-refractivity contribution in [1.82, 2.24) is 58.6 Å². The van der Waals surface area contributed by atoms with Crippen molar-refractivity contribution >= 4 is 152 Å². The van der Waals surface area contributed by atoms with Gasteiger partial charge in [-0.1, -0.05) is 545 Å². The normalized spacial score (nSPS) is 17.8. The summed E-state index contributed by atoms with van der Waals surface area (Å²) in [5.74, 6) is -7.01. The zero-order chi connectivity index (χ0) is 157. The Morgan fingerprint density at radius 2 is 0.300 bits per heavy atom. The molecule has 0 aliphatic carbocycles. The number of para-hydroxylation sites is 6. The fourth-order valence-corrected chi connectivity index (χ4v) is 30.6. The van der Waals surface area contributed by atoms with E-state index in [9.17, 15) is 24.7 Å². The molecule has 0 aliphatic rings. The van der Waals surface area contributed by atoms with Crippen LogP contribution < -0.4 is 62.2 Å². The van der Waals surface area contributed by atoms with Crippen molar-refractivity contribution in [2.24, 2.45) is 0 Å². The van der Waals surface area contributed by atoms with E-state index in [1.807, 2.05) is 91.0 Å². The Balaban J connectivity index is 0.000000154. The van der Waals surface area contributed by atoms with Gasteiger partial charge in [-0.05, 0) is 98.5 Å². The molecular weight excluding hydrogens is 1870 g/mol. The van der Waals surface area contributed by atoms with Crippen molar-refractivity contribution in [2.45, 2.75) is 0 Å². The first-order valence-electron chi connectivity index (χ1n) is 78.3. The molecule has 0 saturated carbocycles. The second-order valence-corrected chi connectivity index (χ2v) is 43.4. The predicted molar refractivity (Wildman–Crippen MR) is 626 cm³/mol. The second kappa shape index (κ2) is 40.7. The number of hydrogen-bond donors (Lipinski definition) is 0. The summed E-state index contributed by atoms with van der Waals surface area (Å²) in [6.45, 7) is 0. The smallest absolute Gasteiger partial charge is 0.238 e. The van der Waals surface area contributed by atoms with E-state index >= 15 is 0 Å². The Labute approximate surface area is 965 Å². The van der Waals surface area contributed by atoms with E-state index in [2.05, 4.69) is 44.9 Å². The lowest BCUT2D eigenvalue weighted by Gasteiger charge is -2.34. The number of aromatic nitrogens is 12. The quantitative estimate of drug-likeness (QED) is 0.0510. The summed E-state index contributed by atoms with van der Waals surface area (Å²) in [5, 5.41) is -2.98. The van der Waals surface area contributed by atoms with E-state index in [0.717, 1.165) is 13.7 Å². The number of nitrogens with zero attached hydrogens (tertiary/aromatic N) is 12. The third-order valence-electron chi connectivity index (χ3n) is 24.3. The Bertz CT molecular complexity index is 13300. The highest BCUT2D eigenvalue weighted by Crippen LogP contribution is 2.38. The molecule has 0 atom stereocenters. The lowest BCUT2D eigenvalue weighted by molar-refractivity contribution is 0.953. The van der Waals surface area contributed by atoms with E-state index in [1.165, 1.54) is 30.3 Å². The number of benzene rings is 21. The van der Waals surface area contributed by atoms with Crippen LogP contribution in [-0.4, -0.2) is 82.8 Å². The van der Waals surface area contributed by atoms with Gasteiger partial charge in [0.2, 0.25) is 17.8 Å². The van der Waals surface area contributed by atoms with Crippen LogP contribution >= 0.6 is 0 Å². The average molecular weight is 2040 g/mol. The van der Waals surface area contributed by atoms with Crippen LogP contribution in [0.3, 0.4) is 0 Å². The minimum Gasteiger partial charge on any atom is -0.278 e. The Morgan fingerprint density at radius 1 is 0.140 bits per heavy atom. The highest BCUT2D eigenvalue weighted by Gasteiger charge is 2.45. The van der Waals surface area contributed by atoms with Crippen LogP contribution in [0, 0.1) is 0 Å². The molecule has 0 bridgehead atoms. The Kier molecular flexibility index (Phi) is 12.3. The summed E-state index contributed by atoms with van der Waals surface area (Å²) in [5.41, 5.74) is -7.17. The van der Waals surface area contributed by atoms with E-state index in [4.69, 9.17) is 65.8 Å². The van der Waals surface area contributed by atoms with Gasteiger partial charge in [0.05, 0.1) is 124 Å². The van der Waals surface area contributed by atoms with E-state index < -0.39 is 579 Å². The Hall–Kier alpha value is -19.3. The third-order valence-corrected chi connectivity index (χ3v) is 37.5. The van der Waals surface area contributed by atoms with E-state index in [0.29, 0.717) is 15.6 Å². The molecule has 0 amide bonds. The molecule has 0 N–H and O–H groups in total. The fraction of sp³-hybridized carbons (Fsp3) is 0. The molecule has 0 unspecified atom stereocenters. The molecule has 6 heterocycles. The van der Waals surface area contributed by atoms with Crippen LogP contribution in [0.2, 0.25) is 0 Å². The fourth-order valence-electron chi connectivity index (χ4n) is 18.0. The molecule has 27 rings (SSSR count). The zero-order valence-electron chi connectivity index (χ0n) is 143. The summed E-state index contributed by atoms with van der Waals surface area (Å²) in [7, 11) is -14.2.